The van der Waals surface area contributed by atoms with Crippen LogP contribution in [0.2, 0.25) is 0 Å². The van der Waals surface area contributed by atoms with Gasteiger partial charge in [-0.2, -0.15) is 0 Å². The van der Waals surface area contributed by atoms with Crippen LogP contribution in [-0.4, -0.2) is 24.9 Å². The molecule has 0 saturated heterocycles. The molecule has 3 N–H and O–H groups in total. The van der Waals surface area contributed by atoms with Crippen molar-refractivity contribution >= 4 is 0 Å². The number of benzene rings is 1. The van der Waals surface area contributed by atoms with Gasteiger partial charge in [0, 0.05) is 12.5 Å². The molecule has 1 aromatic carbocycles. The van der Waals surface area contributed by atoms with Gasteiger partial charge < -0.3 is 15.6 Å². The van der Waals surface area contributed by atoms with Crippen molar-refractivity contribution in [3.8, 4) is 5.75 Å². The first-order valence-electron chi connectivity index (χ1n) is 7.13. The van der Waals surface area contributed by atoms with Gasteiger partial charge in [-0.1, -0.05) is 31.9 Å². The zero-order chi connectivity index (χ0) is 13.9. The highest BCUT2D eigenvalue weighted by atomic mass is 16.5. The summed E-state index contributed by atoms with van der Waals surface area (Å²) in [6.07, 6.45) is 4.26. The van der Waals surface area contributed by atoms with Gasteiger partial charge in [-0.15, -0.1) is 0 Å². The van der Waals surface area contributed by atoms with Gasteiger partial charge in [0.2, 0.25) is 0 Å². The second-order valence-electron chi connectivity index (χ2n) is 5.92. The Morgan fingerprint density at radius 3 is 2.32 bits per heavy atom. The van der Waals surface area contributed by atoms with Crippen molar-refractivity contribution in [1.29, 1.82) is 0 Å². The van der Waals surface area contributed by atoms with Crippen molar-refractivity contribution in [3.05, 3.63) is 29.8 Å². The highest BCUT2D eigenvalue weighted by molar-refractivity contribution is 5.30. The number of hydrogen-bond donors (Lipinski definition) is 2. The van der Waals surface area contributed by atoms with Crippen LogP contribution in [0.5, 0.6) is 5.75 Å². The average molecular weight is 263 g/mol. The molecule has 106 valence electrons. The molecule has 0 amide bonds. The first-order valence-corrected chi connectivity index (χ1v) is 7.13. The minimum Gasteiger partial charge on any atom is -0.497 e. The number of rotatable bonds is 5. The summed E-state index contributed by atoms with van der Waals surface area (Å²) in [5.74, 6) is 0.843. The molecule has 3 heteroatoms. The zero-order valence-electron chi connectivity index (χ0n) is 11.9. The minimum atomic E-state index is -0.367. The van der Waals surface area contributed by atoms with Crippen molar-refractivity contribution in [3.63, 3.8) is 0 Å². The molecule has 0 bridgehead atoms. The number of ether oxygens (including phenoxy) is 1. The molecule has 2 rings (SSSR count). The van der Waals surface area contributed by atoms with E-state index >= 15 is 0 Å². The van der Waals surface area contributed by atoms with E-state index in [2.05, 4.69) is 6.92 Å². The van der Waals surface area contributed by atoms with Crippen molar-refractivity contribution in [2.24, 2.45) is 11.1 Å². The van der Waals surface area contributed by atoms with E-state index in [1.165, 1.54) is 12.8 Å². The van der Waals surface area contributed by atoms with Crippen LogP contribution in [0.4, 0.5) is 0 Å². The lowest BCUT2D eigenvalue weighted by atomic mass is 9.74. The Bertz CT molecular complexity index is 396. The van der Waals surface area contributed by atoms with Gasteiger partial charge in [0.15, 0.2) is 0 Å². The molecule has 0 aliphatic heterocycles. The predicted molar refractivity (Wildman–Crippen MR) is 77.4 cm³/mol. The van der Waals surface area contributed by atoms with Crippen molar-refractivity contribution in [1.82, 2.24) is 0 Å². The summed E-state index contributed by atoms with van der Waals surface area (Å²) < 4.78 is 5.17. The van der Waals surface area contributed by atoms with Crippen LogP contribution in [0.1, 0.15) is 44.1 Å². The molecule has 1 aliphatic rings. The smallest absolute Gasteiger partial charge is 0.118 e. The molecule has 3 nitrogen and oxygen atoms in total. The minimum absolute atomic E-state index is 0.00834. The normalized spacial score (nSPS) is 21.1. The summed E-state index contributed by atoms with van der Waals surface area (Å²) in [7, 11) is 1.66. The van der Waals surface area contributed by atoms with Gasteiger partial charge in [0.1, 0.15) is 5.75 Å². The Morgan fingerprint density at radius 2 is 1.84 bits per heavy atom. The third kappa shape index (κ3) is 2.93. The molecule has 2 unspecified atom stereocenters. The number of hydrogen-bond acceptors (Lipinski definition) is 3. The summed E-state index contributed by atoms with van der Waals surface area (Å²) in [6, 6.07) is 7.89. The molecule has 19 heavy (non-hydrogen) atoms. The number of methoxy groups -OCH3 is 1. The van der Waals surface area contributed by atoms with E-state index in [0.29, 0.717) is 6.54 Å². The molecule has 0 aromatic heterocycles. The van der Waals surface area contributed by atoms with Gasteiger partial charge in [-0.05, 0) is 36.0 Å². The number of aliphatic hydroxyl groups excluding tert-OH is 1. The second-order valence-corrected chi connectivity index (χ2v) is 5.92. The third-order valence-electron chi connectivity index (χ3n) is 4.64. The fourth-order valence-electron chi connectivity index (χ4n) is 3.26. The van der Waals surface area contributed by atoms with Crippen molar-refractivity contribution < 1.29 is 9.84 Å². The van der Waals surface area contributed by atoms with E-state index in [0.717, 1.165) is 24.2 Å². The maximum atomic E-state index is 10.7. The SMILES string of the molecule is COc1ccc(C(CN)C(O)C2(C)CCCC2)cc1. The standard InChI is InChI=1S/C16H25NO2/c1-16(9-3-4-10-16)15(18)14(11-17)12-5-7-13(19-2)8-6-12/h5-8,14-15,18H,3-4,9-11,17H2,1-2H3. The molecule has 0 heterocycles. The van der Waals surface area contributed by atoms with E-state index in [1.54, 1.807) is 7.11 Å². The second kappa shape index (κ2) is 5.93. The van der Waals surface area contributed by atoms with Gasteiger partial charge in [0.05, 0.1) is 13.2 Å². The van der Waals surface area contributed by atoms with Gasteiger partial charge in [0.25, 0.3) is 0 Å². The molecule has 0 spiro atoms. The molecule has 1 fully saturated rings. The van der Waals surface area contributed by atoms with Crippen LogP contribution in [0.15, 0.2) is 24.3 Å². The van der Waals surface area contributed by atoms with Crippen LogP contribution < -0.4 is 10.5 Å². The highest BCUT2D eigenvalue weighted by Crippen LogP contribution is 2.44. The number of nitrogens with two attached hydrogens (primary N) is 1. The number of aliphatic hydroxyl groups is 1. The van der Waals surface area contributed by atoms with Gasteiger partial charge >= 0.3 is 0 Å². The molecule has 1 aromatic rings. The Balaban J connectivity index is 2.18. The Kier molecular flexibility index (Phi) is 4.48. The largest absolute Gasteiger partial charge is 0.497 e. The van der Waals surface area contributed by atoms with Crippen LogP contribution in [0.3, 0.4) is 0 Å². The van der Waals surface area contributed by atoms with Gasteiger partial charge in [-0.25, -0.2) is 0 Å². The van der Waals surface area contributed by atoms with Gasteiger partial charge in [-0.3, -0.25) is 0 Å². The molecule has 0 radical (unpaired) electrons. The molecule has 2 atom stereocenters. The van der Waals surface area contributed by atoms with Crippen molar-refractivity contribution in [2.45, 2.75) is 44.6 Å². The zero-order valence-corrected chi connectivity index (χ0v) is 11.9. The fraction of sp³-hybridized carbons (Fsp3) is 0.625. The Labute approximate surface area is 115 Å². The van der Waals surface area contributed by atoms with E-state index in [4.69, 9.17) is 10.5 Å². The molecule has 1 aliphatic carbocycles. The Morgan fingerprint density at radius 1 is 1.26 bits per heavy atom. The van der Waals surface area contributed by atoms with E-state index in [9.17, 15) is 5.11 Å². The van der Waals surface area contributed by atoms with Crippen LogP contribution in [-0.2, 0) is 0 Å². The van der Waals surface area contributed by atoms with E-state index in [-0.39, 0.29) is 17.4 Å². The molecular formula is C16H25NO2. The van der Waals surface area contributed by atoms with Crippen LogP contribution in [0.25, 0.3) is 0 Å². The topological polar surface area (TPSA) is 55.5 Å². The lowest BCUT2D eigenvalue weighted by Crippen LogP contribution is -2.38. The lowest BCUT2D eigenvalue weighted by molar-refractivity contribution is 0.0213. The maximum Gasteiger partial charge on any atom is 0.118 e. The summed E-state index contributed by atoms with van der Waals surface area (Å²) in [6.45, 7) is 2.67. The summed E-state index contributed by atoms with van der Waals surface area (Å²) in [5, 5.41) is 10.7. The van der Waals surface area contributed by atoms with E-state index < -0.39 is 0 Å². The Hall–Kier alpha value is -1.06. The van der Waals surface area contributed by atoms with Crippen LogP contribution >= 0.6 is 0 Å². The van der Waals surface area contributed by atoms with Crippen LogP contribution in [0, 0.1) is 5.41 Å². The average Bonchev–Trinajstić information content (AvgIpc) is 2.88. The van der Waals surface area contributed by atoms with E-state index in [1.807, 2.05) is 24.3 Å². The molecule has 1 saturated carbocycles. The summed E-state index contributed by atoms with van der Waals surface area (Å²) in [4.78, 5) is 0. The quantitative estimate of drug-likeness (QED) is 0.858. The maximum absolute atomic E-state index is 10.7. The fourth-order valence-corrected chi connectivity index (χ4v) is 3.26. The lowest BCUT2D eigenvalue weighted by Gasteiger charge is -2.35. The first kappa shape index (κ1) is 14.4. The highest BCUT2D eigenvalue weighted by Gasteiger charge is 2.40. The third-order valence-corrected chi connectivity index (χ3v) is 4.64. The summed E-state index contributed by atoms with van der Waals surface area (Å²) in [5.41, 5.74) is 7.03. The monoisotopic (exact) mass is 263 g/mol. The van der Waals surface area contributed by atoms with Crippen molar-refractivity contribution in [2.75, 3.05) is 13.7 Å². The first-order chi connectivity index (χ1) is 9.10. The molecular weight excluding hydrogens is 238 g/mol. The predicted octanol–water partition coefficient (Wildman–Crippen LogP) is 2.68. The summed E-state index contributed by atoms with van der Waals surface area (Å²) >= 11 is 0.